The van der Waals surface area contributed by atoms with E-state index in [0.29, 0.717) is 16.3 Å². The van der Waals surface area contributed by atoms with E-state index in [1.54, 1.807) is 6.07 Å². The van der Waals surface area contributed by atoms with Gasteiger partial charge in [0.25, 0.3) is 5.22 Å². The van der Waals surface area contributed by atoms with Gasteiger partial charge in [-0.3, -0.25) is 0 Å². The fourth-order valence-electron chi connectivity index (χ4n) is 2.35. The van der Waals surface area contributed by atoms with Gasteiger partial charge in [-0.1, -0.05) is 12.1 Å². The Balaban J connectivity index is 0.000000339. The highest BCUT2D eigenvalue weighted by Gasteiger charge is 2.38. The zero-order valence-corrected chi connectivity index (χ0v) is 15.8. The minimum atomic E-state index is -5.08. The Bertz CT molecular complexity index is 1080. The molecule has 2 aromatic heterocycles. The Morgan fingerprint density at radius 2 is 1.81 bits per heavy atom. The first kappa shape index (κ1) is 22.7. The zero-order valence-electron chi connectivity index (χ0n) is 15.0. The molecule has 1 saturated heterocycles. The molecule has 0 amide bonds. The van der Waals surface area contributed by atoms with E-state index in [1.807, 2.05) is 0 Å². The standard InChI is InChI=1S/C14H10F3N5OS.C2HF3O2/c15-14(16,17)9-3-1-2-8-10(9)19-6-20-12(8)24-13-22-21-11(23-13)7-4-18-5-7;3-2(4,5)1(6)7/h1-3,6-7,18H,4-5H2;(H,6,7). The van der Waals surface area contributed by atoms with Crippen molar-refractivity contribution in [3.8, 4) is 0 Å². The third kappa shape index (κ3) is 5.41. The largest absolute Gasteiger partial charge is 0.490 e. The van der Waals surface area contributed by atoms with Crippen LogP contribution in [0.15, 0.2) is 39.2 Å². The maximum atomic E-state index is 13.1. The van der Waals surface area contributed by atoms with Crippen molar-refractivity contribution in [3.63, 3.8) is 0 Å². The molecule has 0 unspecified atom stereocenters. The van der Waals surface area contributed by atoms with Gasteiger partial charge in [0.15, 0.2) is 0 Å². The van der Waals surface area contributed by atoms with Gasteiger partial charge in [0.1, 0.15) is 11.4 Å². The number of fused-ring (bicyclic) bond motifs is 1. The minimum absolute atomic E-state index is 0.148. The summed E-state index contributed by atoms with van der Waals surface area (Å²) >= 11 is 1.03. The van der Waals surface area contributed by atoms with Crippen molar-refractivity contribution in [2.45, 2.75) is 28.5 Å². The Hall–Kier alpha value is -2.94. The lowest BCUT2D eigenvalue weighted by Crippen LogP contribution is -2.40. The number of alkyl halides is 6. The number of benzene rings is 1. The first-order valence-electron chi connectivity index (χ1n) is 8.30. The maximum Gasteiger partial charge on any atom is 0.490 e. The van der Waals surface area contributed by atoms with Crippen LogP contribution in [-0.2, 0) is 11.0 Å². The van der Waals surface area contributed by atoms with E-state index >= 15 is 0 Å². The van der Waals surface area contributed by atoms with Crippen LogP contribution in [0.2, 0.25) is 0 Å². The van der Waals surface area contributed by atoms with E-state index < -0.39 is 23.9 Å². The number of halogens is 6. The van der Waals surface area contributed by atoms with Crippen molar-refractivity contribution in [3.05, 3.63) is 36.0 Å². The molecule has 3 heterocycles. The number of nitrogens with zero attached hydrogens (tertiary/aromatic N) is 4. The van der Waals surface area contributed by atoms with E-state index in [4.69, 9.17) is 14.3 Å². The Morgan fingerprint density at radius 3 is 2.35 bits per heavy atom. The summed E-state index contributed by atoms with van der Waals surface area (Å²) in [6, 6.07) is 3.87. The number of aliphatic carboxylic acids is 1. The molecule has 15 heteroatoms. The second-order valence-electron chi connectivity index (χ2n) is 6.04. The van der Waals surface area contributed by atoms with Crippen LogP contribution in [0, 0.1) is 0 Å². The minimum Gasteiger partial charge on any atom is -0.475 e. The summed E-state index contributed by atoms with van der Waals surface area (Å²) in [5, 5.41) is 19.0. The van der Waals surface area contributed by atoms with Crippen molar-refractivity contribution in [2.24, 2.45) is 0 Å². The topological polar surface area (TPSA) is 114 Å². The van der Waals surface area contributed by atoms with Crippen LogP contribution in [0.4, 0.5) is 26.3 Å². The first-order chi connectivity index (χ1) is 14.5. The zero-order chi connectivity index (χ0) is 22.8. The van der Waals surface area contributed by atoms with Crippen LogP contribution >= 0.6 is 11.8 Å². The van der Waals surface area contributed by atoms with Crippen LogP contribution in [0.5, 0.6) is 0 Å². The molecule has 0 aliphatic carbocycles. The predicted molar refractivity (Wildman–Crippen MR) is 92.3 cm³/mol. The van der Waals surface area contributed by atoms with Crippen molar-refractivity contribution >= 4 is 28.6 Å². The summed E-state index contributed by atoms with van der Waals surface area (Å²) in [6.07, 6.45) is -8.46. The maximum absolute atomic E-state index is 13.1. The molecular formula is C16H11F6N5O3S. The molecule has 0 bridgehead atoms. The Labute approximate surface area is 173 Å². The number of hydrogen-bond acceptors (Lipinski definition) is 8. The van der Waals surface area contributed by atoms with Gasteiger partial charge in [0.2, 0.25) is 5.89 Å². The van der Waals surface area contributed by atoms with Gasteiger partial charge in [-0.2, -0.15) is 26.3 Å². The lowest BCUT2D eigenvalue weighted by molar-refractivity contribution is -0.192. The molecule has 8 nitrogen and oxygen atoms in total. The van der Waals surface area contributed by atoms with Gasteiger partial charge in [0, 0.05) is 18.5 Å². The molecule has 166 valence electrons. The molecule has 1 aromatic carbocycles. The van der Waals surface area contributed by atoms with Crippen LogP contribution in [0.25, 0.3) is 10.9 Å². The number of para-hydroxylation sites is 1. The third-order valence-electron chi connectivity index (χ3n) is 3.91. The fraction of sp³-hybridized carbons (Fsp3) is 0.312. The van der Waals surface area contributed by atoms with Gasteiger partial charge >= 0.3 is 18.3 Å². The molecule has 1 aliphatic rings. The molecule has 0 spiro atoms. The Morgan fingerprint density at radius 1 is 1.13 bits per heavy atom. The van der Waals surface area contributed by atoms with Gasteiger partial charge < -0.3 is 14.8 Å². The van der Waals surface area contributed by atoms with Crippen molar-refractivity contribution < 1.29 is 40.7 Å². The normalized spacial score (nSPS) is 14.6. The molecule has 31 heavy (non-hydrogen) atoms. The summed E-state index contributed by atoms with van der Waals surface area (Å²) in [5.74, 6) is -2.05. The monoisotopic (exact) mass is 467 g/mol. The SMILES string of the molecule is FC(F)(F)c1cccc2c(Sc3nnc(C4CNC4)o3)ncnc12.O=C(O)C(F)(F)F. The fourth-order valence-corrected chi connectivity index (χ4v) is 3.10. The van der Waals surface area contributed by atoms with Crippen molar-refractivity contribution in [1.82, 2.24) is 25.5 Å². The summed E-state index contributed by atoms with van der Waals surface area (Å²) < 4.78 is 76.6. The highest BCUT2D eigenvalue weighted by Crippen LogP contribution is 2.37. The lowest BCUT2D eigenvalue weighted by Gasteiger charge is -2.22. The number of rotatable bonds is 3. The second-order valence-corrected chi connectivity index (χ2v) is 6.98. The molecule has 2 N–H and O–H groups in total. The third-order valence-corrected chi connectivity index (χ3v) is 4.77. The molecule has 0 radical (unpaired) electrons. The molecular weight excluding hydrogens is 456 g/mol. The average Bonchev–Trinajstić information content (AvgIpc) is 3.06. The molecule has 1 fully saturated rings. The molecule has 0 saturated carbocycles. The highest BCUT2D eigenvalue weighted by atomic mass is 32.2. The summed E-state index contributed by atoms with van der Waals surface area (Å²) in [6.45, 7) is 1.55. The van der Waals surface area contributed by atoms with Crippen molar-refractivity contribution in [1.29, 1.82) is 0 Å². The van der Waals surface area contributed by atoms with Gasteiger partial charge in [-0.25, -0.2) is 14.8 Å². The number of carbonyl (C=O) groups is 1. The molecule has 1 aliphatic heterocycles. The van der Waals surface area contributed by atoms with E-state index in [0.717, 1.165) is 37.2 Å². The number of carboxylic acids is 1. The number of hydrogen-bond donors (Lipinski definition) is 2. The second kappa shape index (κ2) is 8.66. The van der Waals surface area contributed by atoms with Crippen LogP contribution in [0.1, 0.15) is 17.4 Å². The van der Waals surface area contributed by atoms with Crippen LogP contribution in [0.3, 0.4) is 0 Å². The smallest absolute Gasteiger partial charge is 0.475 e. The Kier molecular flexibility index (Phi) is 6.35. The van der Waals surface area contributed by atoms with Crippen LogP contribution in [-0.4, -0.2) is 50.5 Å². The van der Waals surface area contributed by atoms with E-state index in [9.17, 15) is 26.3 Å². The van der Waals surface area contributed by atoms with Crippen molar-refractivity contribution in [2.75, 3.05) is 13.1 Å². The predicted octanol–water partition coefficient (Wildman–Crippen LogP) is 3.50. The van der Waals surface area contributed by atoms with Gasteiger partial charge in [-0.15, -0.1) is 10.2 Å². The summed E-state index contributed by atoms with van der Waals surface area (Å²) in [7, 11) is 0. The highest BCUT2D eigenvalue weighted by molar-refractivity contribution is 7.99. The van der Waals surface area contributed by atoms with E-state index in [2.05, 4.69) is 25.5 Å². The lowest BCUT2D eigenvalue weighted by atomic mass is 10.0. The molecule has 4 rings (SSSR count). The molecule has 0 atom stereocenters. The first-order valence-corrected chi connectivity index (χ1v) is 9.11. The summed E-state index contributed by atoms with van der Waals surface area (Å²) in [5.41, 5.74) is -0.943. The van der Waals surface area contributed by atoms with E-state index in [1.165, 1.54) is 6.07 Å². The number of aromatic nitrogens is 4. The number of carboxylic acid groups (broad SMARTS) is 1. The summed E-state index contributed by atoms with van der Waals surface area (Å²) in [4.78, 5) is 16.7. The van der Waals surface area contributed by atoms with E-state index in [-0.39, 0.29) is 16.7 Å². The van der Waals surface area contributed by atoms with Crippen LogP contribution < -0.4 is 5.32 Å². The van der Waals surface area contributed by atoms with Gasteiger partial charge in [-0.05, 0) is 17.8 Å². The quantitative estimate of drug-likeness (QED) is 0.441. The van der Waals surface area contributed by atoms with Gasteiger partial charge in [0.05, 0.1) is 17.0 Å². The molecule has 3 aromatic rings. The average molecular weight is 467 g/mol. The number of nitrogens with one attached hydrogen (secondary N) is 1.